The summed E-state index contributed by atoms with van der Waals surface area (Å²) >= 11 is 0. The fourth-order valence-electron chi connectivity index (χ4n) is 2.85. The van der Waals surface area contributed by atoms with Crippen molar-refractivity contribution in [3.8, 4) is 0 Å². The normalized spacial score (nSPS) is 19.0. The minimum absolute atomic E-state index is 0. The highest BCUT2D eigenvalue weighted by atomic mass is 35.5. The van der Waals surface area contributed by atoms with Crippen LogP contribution in [0.3, 0.4) is 0 Å². The zero-order chi connectivity index (χ0) is 16.4. The van der Waals surface area contributed by atoms with E-state index in [1.165, 1.54) is 0 Å². The highest BCUT2D eigenvalue weighted by Gasteiger charge is 2.33. The molecule has 0 aromatic carbocycles. The van der Waals surface area contributed by atoms with Gasteiger partial charge in [0.15, 0.2) is 0 Å². The number of imidazole rings is 1. The van der Waals surface area contributed by atoms with Gasteiger partial charge in [-0.15, -0.1) is 12.4 Å². The number of nitrogens with one attached hydrogen (secondary N) is 1. The molecule has 24 heavy (non-hydrogen) atoms. The number of nitrogens with zero attached hydrogens (tertiary/aromatic N) is 4. The van der Waals surface area contributed by atoms with E-state index in [4.69, 9.17) is 4.52 Å². The van der Waals surface area contributed by atoms with Crippen LogP contribution in [0.5, 0.6) is 0 Å². The van der Waals surface area contributed by atoms with Crippen LogP contribution in [0.25, 0.3) is 0 Å². The van der Waals surface area contributed by atoms with E-state index >= 15 is 0 Å². The van der Waals surface area contributed by atoms with E-state index in [1.54, 1.807) is 12.3 Å². The largest absolute Gasteiger partial charge is 0.351 e. The van der Waals surface area contributed by atoms with Gasteiger partial charge in [0.2, 0.25) is 5.76 Å². The summed E-state index contributed by atoms with van der Waals surface area (Å²) in [6.45, 7) is 6.24. The first-order valence-electron chi connectivity index (χ1n) is 8.07. The number of hydrogen-bond acceptors (Lipinski definition) is 5. The molecule has 0 bridgehead atoms. The van der Waals surface area contributed by atoms with Gasteiger partial charge >= 0.3 is 0 Å². The van der Waals surface area contributed by atoms with Crippen LogP contribution in [0.2, 0.25) is 0 Å². The van der Waals surface area contributed by atoms with Crippen molar-refractivity contribution in [2.75, 3.05) is 19.6 Å². The average Bonchev–Trinajstić information content (AvgIpc) is 3.22. The Hall–Kier alpha value is -1.86. The van der Waals surface area contributed by atoms with Gasteiger partial charge in [0.1, 0.15) is 11.9 Å². The molecule has 0 aliphatic carbocycles. The third-order valence-corrected chi connectivity index (χ3v) is 4.52. The maximum absolute atomic E-state index is 12.9. The monoisotopic (exact) mass is 353 g/mol. The van der Waals surface area contributed by atoms with E-state index in [2.05, 4.69) is 29.3 Å². The maximum atomic E-state index is 12.9. The second-order valence-corrected chi connectivity index (χ2v) is 6.04. The predicted molar refractivity (Wildman–Crippen MR) is 92.3 cm³/mol. The van der Waals surface area contributed by atoms with Crippen molar-refractivity contribution in [2.45, 2.75) is 32.2 Å². The number of carbonyl (C=O) groups excluding carboxylic acids is 1. The Bertz CT molecular complexity index is 684. The summed E-state index contributed by atoms with van der Waals surface area (Å²) in [6.07, 6.45) is 4.61. The number of aryl methyl sites for hydroxylation is 1. The van der Waals surface area contributed by atoms with Crippen LogP contribution in [-0.2, 0) is 7.05 Å². The Balaban J connectivity index is 0.00000208. The van der Waals surface area contributed by atoms with Crippen molar-refractivity contribution < 1.29 is 9.32 Å². The van der Waals surface area contributed by atoms with Crippen LogP contribution in [0.15, 0.2) is 23.0 Å². The van der Waals surface area contributed by atoms with Crippen LogP contribution in [0.1, 0.15) is 54.3 Å². The fourth-order valence-corrected chi connectivity index (χ4v) is 2.85. The lowest BCUT2D eigenvalue weighted by atomic mass is 10.1. The van der Waals surface area contributed by atoms with Gasteiger partial charge in [0, 0.05) is 51.1 Å². The fraction of sp³-hybridized carbons (Fsp3) is 0.562. The molecule has 2 aromatic heterocycles. The minimum Gasteiger partial charge on any atom is -0.351 e. The van der Waals surface area contributed by atoms with E-state index < -0.39 is 0 Å². The number of piperazine rings is 1. The van der Waals surface area contributed by atoms with Gasteiger partial charge in [0.25, 0.3) is 5.91 Å². The molecule has 3 rings (SSSR count). The number of hydrogen-bond donors (Lipinski definition) is 1. The Labute approximate surface area is 147 Å². The topological polar surface area (TPSA) is 76.2 Å². The Morgan fingerprint density at radius 2 is 2.33 bits per heavy atom. The van der Waals surface area contributed by atoms with E-state index in [0.29, 0.717) is 18.8 Å². The molecule has 1 saturated heterocycles. The van der Waals surface area contributed by atoms with E-state index in [1.807, 2.05) is 22.7 Å². The van der Waals surface area contributed by atoms with Gasteiger partial charge in [-0.2, -0.15) is 0 Å². The molecule has 0 spiro atoms. The number of aromatic nitrogens is 3. The van der Waals surface area contributed by atoms with Crippen LogP contribution in [0.4, 0.5) is 0 Å². The summed E-state index contributed by atoms with van der Waals surface area (Å²) in [5.41, 5.74) is 0.833. The van der Waals surface area contributed by atoms with E-state index in [9.17, 15) is 4.79 Å². The molecule has 7 nitrogen and oxygen atoms in total. The van der Waals surface area contributed by atoms with Crippen molar-refractivity contribution in [3.05, 3.63) is 35.7 Å². The van der Waals surface area contributed by atoms with E-state index in [-0.39, 0.29) is 30.3 Å². The molecule has 1 N–H and O–H groups in total. The molecule has 1 aliphatic rings. The van der Waals surface area contributed by atoms with Gasteiger partial charge < -0.3 is 19.3 Å². The van der Waals surface area contributed by atoms with Gasteiger partial charge in [-0.3, -0.25) is 4.79 Å². The third-order valence-electron chi connectivity index (χ3n) is 4.52. The lowest BCUT2D eigenvalue weighted by molar-refractivity contribution is 0.0578. The van der Waals surface area contributed by atoms with Crippen LogP contribution >= 0.6 is 12.4 Å². The second-order valence-electron chi connectivity index (χ2n) is 6.04. The summed E-state index contributed by atoms with van der Waals surface area (Å²) in [5.74, 6) is 1.34. The first-order chi connectivity index (χ1) is 11.1. The standard InChI is InChI=1S/C16H23N5O2.ClH/c1-4-11(2)12-9-14(23-19-12)16(22)21-8-5-17-10-13(21)15-18-6-7-20(15)3;/h6-7,9,11,13,17H,4-5,8,10H2,1-3H3;1H. The quantitative estimate of drug-likeness (QED) is 0.911. The molecule has 3 heterocycles. The zero-order valence-corrected chi connectivity index (χ0v) is 15.0. The molecule has 0 radical (unpaired) electrons. The predicted octanol–water partition coefficient (Wildman–Crippen LogP) is 2.13. The SMILES string of the molecule is CCC(C)c1cc(C(=O)N2CCNCC2c2nccn2C)on1.Cl. The molecule has 0 saturated carbocycles. The smallest absolute Gasteiger partial charge is 0.293 e. The van der Waals surface area contributed by atoms with Gasteiger partial charge in [-0.25, -0.2) is 4.98 Å². The molecule has 1 aliphatic heterocycles. The number of rotatable bonds is 4. The van der Waals surface area contributed by atoms with Crippen molar-refractivity contribution in [2.24, 2.45) is 7.05 Å². The summed E-state index contributed by atoms with van der Waals surface area (Å²) in [7, 11) is 1.94. The zero-order valence-electron chi connectivity index (χ0n) is 14.2. The molecule has 2 aromatic rings. The number of halogens is 1. The van der Waals surface area contributed by atoms with Crippen molar-refractivity contribution in [1.82, 2.24) is 24.9 Å². The second kappa shape index (κ2) is 7.81. The van der Waals surface area contributed by atoms with Gasteiger partial charge in [0.05, 0.1) is 5.69 Å². The molecule has 2 unspecified atom stereocenters. The Morgan fingerprint density at radius 3 is 3.00 bits per heavy atom. The highest BCUT2D eigenvalue weighted by molar-refractivity contribution is 5.91. The molecular formula is C16H24ClN5O2. The van der Waals surface area contributed by atoms with Crippen LogP contribution in [0, 0.1) is 0 Å². The average molecular weight is 354 g/mol. The molecule has 8 heteroatoms. The number of carbonyl (C=O) groups is 1. The first-order valence-corrected chi connectivity index (χ1v) is 8.07. The Kier molecular flexibility index (Phi) is 6.01. The van der Waals surface area contributed by atoms with Crippen LogP contribution < -0.4 is 5.32 Å². The van der Waals surface area contributed by atoms with Crippen molar-refractivity contribution in [1.29, 1.82) is 0 Å². The lowest BCUT2D eigenvalue weighted by Gasteiger charge is -2.35. The molecular weight excluding hydrogens is 330 g/mol. The molecule has 1 amide bonds. The summed E-state index contributed by atoms with van der Waals surface area (Å²) in [6, 6.07) is 1.67. The summed E-state index contributed by atoms with van der Waals surface area (Å²) < 4.78 is 7.26. The Morgan fingerprint density at radius 1 is 1.54 bits per heavy atom. The van der Waals surface area contributed by atoms with Crippen molar-refractivity contribution in [3.63, 3.8) is 0 Å². The molecule has 2 atom stereocenters. The van der Waals surface area contributed by atoms with Crippen LogP contribution in [-0.4, -0.2) is 45.1 Å². The number of amides is 1. The third kappa shape index (κ3) is 3.47. The highest BCUT2D eigenvalue weighted by Crippen LogP contribution is 2.24. The molecule has 1 fully saturated rings. The maximum Gasteiger partial charge on any atom is 0.293 e. The minimum atomic E-state index is -0.124. The summed E-state index contributed by atoms with van der Waals surface area (Å²) in [4.78, 5) is 19.1. The van der Waals surface area contributed by atoms with Gasteiger partial charge in [-0.05, 0) is 6.42 Å². The van der Waals surface area contributed by atoms with Gasteiger partial charge in [-0.1, -0.05) is 19.0 Å². The van der Waals surface area contributed by atoms with E-state index in [0.717, 1.165) is 24.5 Å². The van der Waals surface area contributed by atoms with Crippen molar-refractivity contribution >= 4 is 18.3 Å². The summed E-state index contributed by atoms with van der Waals surface area (Å²) in [5, 5.41) is 7.37. The first kappa shape index (κ1) is 18.5. The molecule has 132 valence electrons. The lowest BCUT2D eigenvalue weighted by Crippen LogP contribution is -2.49.